The van der Waals surface area contributed by atoms with E-state index in [0.29, 0.717) is 17.8 Å². The van der Waals surface area contributed by atoms with Gasteiger partial charge in [0.05, 0.1) is 7.11 Å². The van der Waals surface area contributed by atoms with Crippen molar-refractivity contribution in [2.75, 3.05) is 26.0 Å². The average Bonchev–Trinajstić information content (AvgIpc) is 2.24. The Morgan fingerprint density at radius 1 is 1.67 bits per heavy atom. The zero-order valence-electron chi connectivity index (χ0n) is 9.60. The van der Waals surface area contributed by atoms with Gasteiger partial charge in [-0.05, 0) is 6.92 Å². The van der Waals surface area contributed by atoms with Gasteiger partial charge in [0.2, 0.25) is 0 Å². The number of hydrogen-bond donors (Lipinski definition) is 1. The number of carbonyl (C=O) groups is 1. The Kier molecular flexibility index (Phi) is 4.89. The first-order valence-corrected chi connectivity index (χ1v) is 6.32. The molecule has 15 heavy (non-hydrogen) atoms. The van der Waals surface area contributed by atoms with Crippen molar-refractivity contribution in [3.8, 4) is 0 Å². The van der Waals surface area contributed by atoms with Gasteiger partial charge in [0.1, 0.15) is 6.04 Å². The third kappa shape index (κ3) is 2.86. The summed E-state index contributed by atoms with van der Waals surface area (Å²) < 4.78 is 4.77. The van der Waals surface area contributed by atoms with Crippen LogP contribution in [0, 0.1) is 0 Å². The summed E-state index contributed by atoms with van der Waals surface area (Å²) in [6.07, 6.45) is 0. The monoisotopic (exact) mass is 232 g/mol. The van der Waals surface area contributed by atoms with Crippen molar-refractivity contribution in [1.82, 2.24) is 4.90 Å². The summed E-state index contributed by atoms with van der Waals surface area (Å²) >= 11 is 1.94. The van der Waals surface area contributed by atoms with Crippen molar-refractivity contribution in [1.29, 1.82) is 0 Å². The summed E-state index contributed by atoms with van der Waals surface area (Å²) in [6.45, 7) is 5.57. The lowest BCUT2D eigenvalue weighted by Crippen LogP contribution is -2.55. The van der Waals surface area contributed by atoms with Gasteiger partial charge in [-0.3, -0.25) is 9.69 Å². The average molecular weight is 232 g/mol. The van der Waals surface area contributed by atoms with Gasteiger partial charge >= 0.3 is 5.97 Å². The van der Waals surface area contributed by atoms with E-state index in [1.54, 1.807) is 0 Å². The lowest BCUT2D eigenvalue weighted by atomic mass is 10.1. The quantitative estimate of drug-likeness (QED) is 0.710. The number of carbonyl (C=O) groups excluding carboxylic acids is 1. The molecule has 1 saturated heterocycles. The number of thioether (sulfide) groups is 1. The van der Waals surface area contributed by atoms with Gasteiger partial charge in [-0.2, -0.15) is 11.8 Å². The molecule has 1 rings (SSSR count). The fraction of sp³-hybridized carbons (Fsp3) is 0.900. The highest BCUT2D eigenvalue weighted by molar-refractivity contribution is 8.00. The van der Waals surface area contributed by atoms with Crippen LogP contribution in [-0.4, -0.2) is 54.2 Å². The molecule has 0 spiro atoms. The number of nitrogens with two attached hydrogens (primary N) is 1. The van der Waals surface area contributed by atoms with Crippen LogP contribution in [0.4, 0.5) is 0 Å². The Hall–Kier alpha value is -0.260. The third-order valence-electron chi connectivity index (χ3n) is 3.03. The second kappa shape index (κ2) is 5.72. The van der Waals surface area contributed by atoms with Gasteiger partial charge in [-0.15, -0.1) is 0 Å². The highest BCUT2D eigenvalue weighted by Crippen LogP contribution is 2.25. The van der Waals surface area contributed by atoms with Gasteiger partial charge in [-0.25, -0.2) is 0 Å². The molecule has 3 unspecified atom stereocenters. The number of methoxy groups -OCH3 is 1. The van der Waals surface area contributed by atoms with Crippen molar-refractivity contribution in [3.05, 3.63) is 0 Å². The van der Waals surface area contributed by atoms with E-state index in [1.807, 2.05) is 11.8 Å². The molecule has 88 valence electrons. The predicted molar refractivity (Wildman–Crippen MR) is 62.9 cm³/mol. The molecule has 1 aliphatic heterocycles. The number of nitrogens with zero attached hydrogens (tertiary/aromatic N) is 1. The standard InChI is InChI=1S/C10H20N2O2S/c1-7-8(2)15-5-4-12(7)9(6-11)10(13)14-3/h7-9H,4-6,11H2,1-3H3. The molecule has 0 radical (unpaired) electrons. The van der Waals surface area contributed by atoms with Crippen LogP contribution in [0.25, 0.3) is 0 Å². The summed E-state index contributed by atoms with van der Waals surface area (Å²) in [5, 5.41) is 0.539. The molecule has 0 aliphatic carbocycles. The van der Waals surface area contributed by atoms with E-state index >= 15 is 0 Å². The zero-order chi connectivity index (χ0) is 11.4. The van der Waals surface area contributed by atoms with Crippen LogP contribution in [0.3, 0.4) is 0 Å². The van der Waals surface area contributed by atoms with Crippen LogP contribution in [0.1, 0.15) is 13.8 Å². The minimum absolute atomic E-state index is 0.219. The normalized spacial score (nSPS) is 29.9. The van der Waals surface area contributed by atoms with E-state index < -0.39 is 0 Å². The van der Waals surface area contributed by atoms with Crippen LogP contribution in [0.5, 0.6) is 0 Å². The molecule has 0 aromatic carbocycles. The van der Waals surface area contributed by atoms with Crippen LogP contribution in [-0.2, 0) is 9.53 Å². The van der Waals surface area contributed by atoms with Gasteiger partial charge < -0.3 is 10.5 Å². The van der Waals surface area contributed by atoms with Crippen molar-refractivity contribution < 1.29 is 9.53 Å². The molecule has 0 aromatic rings. The Morgan fingerprint density at radius 3 is 2.87 bits per heavy atom. The predicted octanol–water partition coefficient (Wildman–Crippen LogP) is 0.313. The Bertz CT molecular complexity index is 225. The fourth-order valence-corrected chi connectivity index (χ4v) is 3.02. The van der Waals surface area contributed by atoms with Crippen molar-refractivity contribution >= 4 is 17.7 Å². The molecule has 4 nitrogen and oxygen atoms in total. The van der Waals surface area contributed by atoms with E-state index in [4.69, 9.17) is 10.5 Å². The van der Waals surface area contributed by atoms with E-state index in [0.717, 1.165) is 12.3 Å². The summed E-state index contributed by atoms with van der Waals surface area (Å²) in [5.41, 5.74) is 5.64. The summed E-state index contributed by atoms with van der Waals surface area (Å²) in [4.78, 5) is 13.7. The number of hydrogen-bond acceptors (Lipinski definition) is 5. The van der Waals surface area contributed by atoms with Crippen molar-refractivity contribution in [2.24, 2.45) is 5.73 Å². The molecule has 2 N–H and O–H groups in total. The lowest BCUT2D eigenvalue weighted by Gasteiger charge is -2.40. The Morgan fingerprint density at radius 2 is 2.33 bits per heavy atom. The molecule has 3 atom stereocenters. The highest BCUT2D eigenvalue weighted by Gasteiger charge is 2.34. The van der Waals surface area contributed by atoms with Crippen LogP contribution < -0.4 is 5.73 Å². The third-order valence-corrected chi connectivity index (χ3v) is 4.37. The SMILES string of the molecule is COC(=O)C(CN)N1CCSC(C)C1C. The first-order valence-electron chi connectivity index (χ1n) is 5.27. The molecule has 1 aliphatic rings. The van der Waals surface area contributed by atoms with E-state index in [2.05, 4.69) is 18.7 Å². The first kappa shape index (κ1) is 12.8. The van der Waals surface area contributed by atoms with Crippen molar-refractivity contribution in [3.63, 3.8) is 0 Å². The molecule has 0 saturated carbocycles. The topological polar surface area (TPSA) is 55.6 Å². The first-order chi connectivity index (χ1) is 7.11. The summed E-state index contributed by atoms with van der Waals surface area (Å²) in [7, 11) is 1.41. The van der Waals surface area contributed by atoms with Gasteiger partial charge in [0.15, 0.2) is 0 Å². The van der Waals surface area contributed by atoms with Gasteiger partial charge in [-0.1, -0.05) is 6.92 Å². The second-order valence-electron chi connectivity index (χ2n) is 3.83. The van der Waals surface area contributed by atoms with Crippen LogP contribution in [0.15, 0.2) is 0 Å². The van der Waals surface area contributed by atoms with E-state index in [1.165, 1.54) is 7.11 Å². The second-order valence-corrected chi connectivity index (χ2v) is 5.31. The lowest BCUT2D eigenvalue weighted by molar-refractivity contribution is -0.147. The maximum Gasteiger partial charge on any atom is 0.324 e. The summed E-state index contributed by atoms with van der Waals surface area (Å²) in [5.74, 6) is 0.836. The van der Waals surface area contributed by atoms with Crippen LogP contribution >= 0.6 is 11.8 Å². The molecule has 5 heteroatoms. The Labute approximate surface area is 95.5 Å². The maximum atomic E-state index is 11.5. The molecular weight excluding hydrogens is 212 g/mol. The number of esters is 1. The van der Waals surface area contributed by atoms with E-state index in [9.17, 15) is 4.79 Å². The van der Waals surface area contributed by atoms with Gasteiger partial charge in [0, 0.05) is 30.1 Å². The summed E-state index contributed by atoms with van der Waals surface area (Å²) in [6, 6.07) is 0.0877. The van der Waals surface area contributed by atoms with Crippen LogP contribution in [0.2, 0.25) is 0 Å². The minimum Gasteiger partial charge on any atom is -0.468 e. The maximum absolute atomic E-state index is 11.5. The molecule has 1 fully saturated rings. The largest absolute Gasteiger partial charge is 0.468 e. The molecule has 1 heterocycles. The molecule has 0 amide bonds. The molecule has 0 bridgehead atoms. The highest BCUT2D eigenvalue weighted by atomic mass is 32.2. The molecular formula is C10H20N2O2S. The Balaban J connectivity index is 2.70. The molecule has 0 aromatic heterocycles. The van der Waals surface area contributed by atoms with E-state index in [-0.39, 0.29) is 12.0 Å². The zero-order valence-corrected chi connectivity index (χ0v) is 10.4. The number of ether oxygens (including phenoxy) is 1. The number of rotatable bonds is 3. The fourth-order valence-electron chi connectivity index (χ4n) is 1.90. The van der Waals surface area contributed by atoms with Crippen molar-refractivity contribution in [2.45, 2.75) is 31.2 Å². The smallest absolute Gasteiger partial charge is 0.324 e. The minimum atomic E-state index is -0.284. The van der Waals surface area contributed by atoms with Gasteiger partial charge in [0.25, 0.3) is 0 Å².